The second-order valence-corrected chi connectivity index (χ2v) is 4.63. The Morgan fingerprint density at radius 2 is 2.05 bits per heavy atom. The third kappa shape index (κ3) is 3.09. The van der Waals surface area contributed by atoms with Gasteiger partial charge < -0.3 is 10.7 Å². The lowest BCUT2D eigenvalue weighted by Gasteiger charge is -2.09. The van der Waals surface area contributed by atoms with Crippen LogP contribution in [-0.4, -0.2) is 10.9 Å². The average Bonchev–Trinajstić information content (AvgIpc) is 2.42. The second kappa shape index (κ2) is 5.93. The van der Waals surface area contributed by atoms with Crippen LogP contribution in [0.1, 0.15) is 10.5 Å². The van der Waals surface area contributed by atoms with E-state index in [-0.39, 0.29) is 15.9 Å². The molecule has 1 amide bonds. The molecule has 0 radical (unpaired) electrons. The first-order chi connectivity index (χ1) is 9.51. The van der Waals surface area contributed by atoms with Crippen molar-refractivity contribution in [1.82, 2.24) is 4.98 Å². The highest BCUT2D eigenvalue weighted by atomic mass is 79.9. The predicted molar refractivity (Wildman–Crippen MR) is 74.1 cm³/mol. The van der Waals surface area contributed by atoms with Gasteiger partial charge in [-0.1, -0.05) is 0 Å². The van der Waals surface area contributed by atoms with Gasteiger partial charge in [0.2, 0.25) is 0 Å². The Morgan fingerprint density at radius 3 is 2.70 bits per heavy atom. The Hall–Kier alpha value is -2.06. The minimum Gasteiger partial charge on any atom is -0.324 e. The van der Waals surface area contributed by atoms with Crippen LogP contribution in [0.3, 0.4) is 0 Å². The van der Waals surface area contributed by atoms with E-state index in [1.807, 2.05) is 0 Å². The normalized spacial score (nSPS) is 10.2. The summed E-state index contributed by atoms with van der Waals surface area (Å²) in [6, 6.07) is 4.67. The van der Waals surface area contributed by atoms with Gasteiger partial charge in [0, 0.05) is 16.7 Å². The SMILES string of the molecule is NNc1ccnc(C(=O)Nc2c(F)cc(F)cc2Br)c1. The lowest BCUT2D eigenvalue weighted by Crippen LogP contribution is -2.16. The lowest BCUT2D eigenvalue weighted by molar-refractivity contribution is 0.102. The number of amides is 1. The minimum atomic E-state index is -0.890. The topological polar surface area (TPSA) is 80.0 Å². The van der Waals surface area contributed by atoms with Crippen molar-refractivity contribution in [2.75, 3.05) is 10.7 Å². The molecule has 1 aromatic heterocycles. The van der Waals surface area contributed by atoms with Crippen LogP contribution >= 0.6 is 15.9 Å². The number of carbonyl (C=O) groups is 1. The summed E-state index contributed by atoms with van der Waals surface area (Å²) in [4.78, 5) is 15.8. The van der Waals surface area contributed by atoms with E-state index < -0.39 is 17.5 Å². The van der Waals surface area contributed by atoms with Crippen LogP contribution < -0.4 is 16.6 Å². The van der Waals surface area contributed by atoms with E-state index in [0.717, 1.165) is 6.07 Å². The molecule has 1 aromatic carbocycles. The molecular formula is C12H9BrF2N4O. The number of aromatic nitrogens is 1. The molecule has 4 N–H and O–H groups in total. The zero-order chi connectivity index (χ0) is 14.7. The molecule has 2 rings (SSSR count). The van der Waals surface area contributed by atoms with E-state index in [9.17, 15) is 13.6 Å². The van der Waals surface area contributed by atoms with E-state index in [1.54, 1.807) is 6.07 Å². The zero-order valence-corrected chi connectivity index (χ0v) is 11.5. The van der Waals surface area contributed by atoms with Crippen molar-refractivity contribution in [3.63, 3.8) is 0 Å². The van der Waals surface area contributed by atoms with Crippen LogP contribution in [0.2, 0.25) is 0 Å². The van der Waals surface area contributed by atoms with Crippen LogP contribution in [0, 0.1) is 11.6 Å². The van der Waals surface area contributed by atoms with E-state index in [0.29, 0.717) is 11.8 Å². The number of pyridine rings is 1. The molecule has 0 aliphatic carbocycles. The lowest BCUT2D eigenvalue weighted by atomic mass is 10.2. The molecule has 0 saturated heterocycles. The fourth-order valence-corrected chi connectivity index (χ4v) is 1.99. The van der Waals surface area contributed by atoms with Crippen molar-refractivity contribution in [2.45, 2.75) is 0 Å². The van der Waals surface area contributed by atoms with Crippen LogP contribution in [0.5, 0.6) is 0 Å². The summed E-state index contributed by atoms with van der Waals surface area (Å²) in [6.07, 6.45) is 1.38. The number of anilines is 2. The van der Waals surface area contributed by atoms with Crippen LogP contribution in [0.25, 0.3) is 0 Å². The number of halogens is 3. The van der Waals surface area contributed by atoms with Gasteiger partial charge in [-0.2, -0.15) is 0 Å². The maximum Gasteiger partial charge on any atom is 0.274 e. The van der Waals surface area contributed by atoms with E-state index in [1.165, 1.54) is 12.3 Å². The molecule has 2 aromatic rings. The summed E-state index contributed by atoms with van der Waals surface area (Å²) in [7, 11) is 0. The molecule has 1 heterocycles. The van der Waals surface area contributed by atoms with Gasteiger partial charge in [-0.15, -0.1) is 0 Å². The Bertz CT molecular complexity index is 643. The summed E-state index contributed by atoms with van der Waals surface area (Å²) >= 11 is 2.98. The smallest absolute Gasteiger partial charge is 0.274 e. The molecule has 0 saturated carbocycles. The van der Waals surface area contributed by atoms with Crippen molar-refractivity contribution in [1.29, 1.82) is 0 Å². The largest absolute Gasteiger partial charge is 0.324 e. The van der Waals surface area contributed by atoms with Crippen molar-refractivity contribution in [3.8, 4) is 0 Å². The number of nitrogen functional groups attached to an aromatic ring is 1. The molecule has 0 fully saturated rings. The monoisotopic (exact) mass is 342 g/mol. The summed E-state index contributed by atoms with van der Waals surface area (Å²) in [5.74, 6) is 2.93. The number of nitrogens with one attached hydrogen (secondary N) is 2. The third-order valence-corrected chi connectivity index (χ3v) is 3.03. The predicted octanol–water partition coefficient (Wildman–Crippen LogP) is 2.66. The van der Waals surface area contributed by atoms with Crippen molar-refractivity contribution in [3.05, 3.63) is 52.3 Å². The highest BCUT2D eigenvalue weighted by molar-refractivity contribution is 9.10. The van der Waals surface area contributed by atoms with Gasteiger partial charge >= 0.3 is 0 Å². The summed E-state index contributed by atoms with van der Waals surface area (Å²) in [6.45, 7) is 0. The fourth-order valence-electron chi connectivity index (χ4n) is 1.48. The van der Waals surface area contributed by atoms with Crippen LogP contribution in [0.4, 0.5) is 20.2 Å². The number of hydrazine groups is 1. The quantitative estimate of drug-likeness (QED) is 0.591. The molecule has 0 aliphatic rings. The van der Waals surface area contributed by atoms with Gasteiger partial charge in [0.25, 0.3) is 5.91 Å². The van der Waals surface area contributed by atoms with Gasteiger partial charge in [-0.25, -0.2) is 8.78 Å². The fraction of sp³-hybridized carbons (Fsp3) is 0. The number of hydrogen-bond donors (Lipinski definition) is 3. The maximum atomic E-state index is 13.6. The Kier molecular flexibility index (Phi) is 4.26. The van der Waals surface area contributed by atoms with Gasteiger partial charge in [0.1, 0.15) is 11.5 Å². The number of benzene rings is 1. The first kappa shape index (κ1) is 14.4. The highest BCUT2D eigenvalue weighted by Gasteiger charge is 2.15. The number of hydrogen-bond acceptors (Lipinski definition) is 4. The molecule has 0 aliphatic heterocycles. The minimum absolute atomic E-state index is 0.0380. The Labute approximate surface area is 121 Å². The molecule has 5 nitrogen and oxygen atoms in total. The van der Waals surface area contributed by atoms with Crippen LogP contribution in [-0.2, 0) is 0 Å². The molecule has 20 heavy (non-hydrogen) atoms. The standard InChI is InChI=1S/C12H9BrF2N4O/c13-8-3-6(14)4-9(15)11(8)18-12(20)10-5-7(19-16)1-2-17-10/h1-5H,16H2,(H,17,19)(H,18,20). The van der Waals surface area contributed by atoms with E-state index >= 15 is 0 Å². The molecular weight excluding hydrogens is 334 g/mol. The second-order valence-electron chi connectivity index (χ2n) is 3.77. The van der Waals surface area contributed by atoms with Crippen molar-refractivity contribution < 1.29 is 13.6 Å². The first-order valence-corrected chi connectivity index (χ1v) is 6.19. The summed E-state index contributed by atoms with van der Waals surface area (Å²) < 4.78 is 26.6. The molecule has 0 atom stereocenters. The molecule has 0 unspecified atom stereocenters. The van der Waals surface area contributed by atoms with E-state index in [2.05, 4.69) is 31.7 Å². The van der Waals surface area contributed by atoms with E-state index in [4.69, 9.17) is 5.84 Å². The van der Waals surface area contributed by atoms with Gasteiger partial charge in [-0.05, 0) is 34.1 Å². The maximum absolute atomic E-state index is 13.6. The Balaban J connectivity index is 2.28. The zero-order valence-electron chi connectivity index (χ0n) is 9.95. The first-order valence-electron chi connectivity index (χ1n) is 5.40. The highest BCUT2D eigenvalue weighted by Crippen LogP contribution is 2.27. The van der Waals surface area contributed by atoms with Crippen molar-refractivity contribution >= 4 is 33.2 Å². The van der Waals surface area contributed by atoms with Gasteiger partial charge in [0.15, 0.2) is 5.82 Å². The molecule has 0 bridgehead atoms. The Morgan fingerprint density at radius 1 is 1.30 bits per heavy atom. The number of nitrogens with two attached hydrogens (primary N) is 1. The molecule has 0 spiro atoms. The molecule has 8 heteroatoms. The number of rotatable bonds is 3. The summed E-state index contributed by atoms with van der Waals surface area (Å²) in [5.41, 5.74) is 2.71. The molecule has 104 valence electrons. The average molecular weight is 343 g/mol. The summed E-state index contributed by atoms with van der Waals surface area (Å²) in [5, 5.41) is 2.31. The van der Waals surface area contributed by atoms with Gasteiger partial charge in [-0.3, -0.25) is 15.6 Å². The third-order valence-electron chi connectivity index (χ3n) is 2.40. The van der Waals surface area contributed by atoms with Gasteiger partial charge in [0.05, 0.1) is 11.4 Å². The van der Waals surface area contributed by atoms with Crippen LogP contribution in [0.15, 0.2) is 34.9 Å². The van der Waals surface area contributed by atoms with Crippen molar-refractivity contribution in [2.24, 2.45) is 5.84 Å². The number of nitrogens with zero attached hydrogens (tertiary/aromatic N) is 1. The number of carbonyl (C=O) groups excluding carboxylic acids is 1.